The van der Waals surface area contributed by atoms with Crippen LogP contribution in [0.4, 0.5) is 0 Å². The molecule has 6 heavy (non-hydrogen) atoms. The van der Waals surface area contributed by atoms with Gasteiger partial charge >= 0.3 is 0 Å². The molecule has 0 aliphatic heterocycles. The lowest BCUT2D eigenvalue weighted by atomic mass is 11.8. The third kappa shape index (κ3) is 4.31. The van der Waals surface area contributed by atoms with Gasteiger partial charge in [-0.05, 0) is 18.8 Å². The van der Waals surface area contributed by atoms with E-state index in [0.29, 0.717) is 0 Å². The smallest absolute Gasteiger partial charge is 0.0481 e. The number of rotatable bonds is 1. The Morgan fingerprint density at radius 1 is 1.17 bits per heavy atom. The molecule has 2 heteroatoms. The summed E-state index contributed by atoms with van der Waals surface area (Å²) in [6.07, 6.45) is 6.31. The van der Waals surface area contributed by atoms with E-state index in [2.05, 4.69) is 18.8 Å². The first-order valence-corrected chi connectivity index (χ1v) is 4.58. The minimum Gasteiger partial charge on any atom is -0.341 e. The maximum atomic E-state index is 5.02. The van der Waals surface area contributed by atoms with Crippen LogP contribution in [0.1, 0.15) is 0 Å². The minimum absolute atomic E-state index is 0.662. The molecule has 0 aliphatic rings. The van der Waals surface area contributed by atoms with Gasteiger partial charge in [0.1, 0.15) is 0 Å². The Balaban J connectivity index is 3.17. The van der Waals surface area contributed by atoms with E-state index < -0.39 is 10.3 Å². The molecule has 0 aromatic rings. The van der Waals surface area contributed by atoms with E-state index in [4.69, 9.17) is 4.18 Å². The van der Waals surface area contributed by atoms with Gasteiger partial charge in [0, 0.05) is 7.11 Å². The van der Waals surface area contributed by atoms with Crippen LogP contribution in [-0.4, -0.2) is 25.9 Å². The molecule has 0 aromatic carbocycles. The molecule has 0 aromatic heterocycles. The fraction of sp³-hybridized carbons (Fsp3) is 1.00. The highest BCUT2D eigenvalue weighted by Crippen LogP contribution is 2.33. The molecule has 1 nitrogen and oxygen atoms in total. The molecule has 0 spiro atoms. The first-order chi connectivity index (χ1) is 2.56. The fourth-order valence-corrected chi connectivity index (χ4v) is 0. The lowest BCUT2D eigenvalue weighted by Gasteiger charge is -2.21. The van der Waals surface area contributed by atoms with Gasteiger partial charge < -0.3 is 4.18 Å². The lowest BCUT2D eigenvalue weighted by Crippen LogP contribution is -1.91. The molecule has 0 saturated heterocycles. The SMILES string of the molecule is COS(C)(C)C. The second kappa shape index (κ2) is 1.85. The van der Waals surface area contributed by atoms with Crippen LogP contribution in [0.3, 0.4) is 0 Å². The van der Waals surface area contributed by atoms with Crippen LogP contribution < -0.4 is 0 Å². The lowest BCUT2D eigenvalue weighted by molar-refractivity contribution is 0.474. The predicted octanol–water partition coefficient (Wildman–Crippen LogP) is 1.24. The van der Waals surface area contributed by atoms with Gasteiger partial charge in [-0.2, -0.15) is 0 Å². The van der Waals surface area contributed by atoms with Crippen LogP contribution in [-0.2, 0) is 4.18 Å². The molecule has 0 N–H and O–H groups in total. The van der Waals surface area contributed by atoms with Gasteiger partial charge in [0.05, 0.1) is 0 Å². The highest BCUT2D eigenvalue weighted by molar-refractivity contribution is 8.28. The van der Waals surface area contributed by atoms with Crippen molar-refractivity contribution < 1.29 is 4.18 Å². The normalized spacial score (nSPS) is 14.7. The molecule has 0 aliphatic carbocycles. The highest BCUT2D eigenvalue weighted by Gasteiger charge is 1.95. The maximum Gasteiger partial charge on any atom is 0.0481 e. The Bertz CT molecular complexity index is 37.3. The summed E-state index contributed by atoms with van der Waals surface area (Å²) in [5, 5.41) is 0. The van der Waals surface area contributed by atoms with Gasteiger partial charge in [0.15, 0.2) is 0 Å². The first kappa shape index (κ1) is 6.31. The molecule has 0 unspecified atom stereocenters. The Hall–Kier alpha value is 0.310. The topological polar surface area (TPSA) is 9.23 Å². The van der Waals surface area contributed by atoms with Crippen molar-refractivity contribution in [1.29, 1.82) is 0 Å². The van der Waals surface area contributed by atoms with Crippen LogP contribution in [0.2, 0.25) is 0 Å². The van der Waals surface area contributed by atoms with Crippen molar-refractivity contribution in [1.82, 2.24) is 0 Å². The van der Waals surface area contributed by atoms with Gasteiger partial charge in [0.25, 0.3) is 0 Å². The second-order valence-corrected chi connectivity index (χ2v) is 5.67. The molecule has 0 bridgehead atoms. The molecule has 40 valence electrons. The average molecular weight is 108 g/mol. The number of hydrogen-bond donors (Lipinski definition) is 0. The summed E-state index contributed by atoms with van der Waals surface area (Å²) in [7, 11) is 1.08. The van der Waals surface area contributed by atoms with Crippen molar-refractivity contribution in [2.45, 2.75) is 0 Å². The first-order valence-electron chi connectivity index (χ1n) is 1.80. The molecule has 0 radical (unpaired) electrons. The predicted molar refractivity (Wildman–Crippen MR) is 32.4 cm³/mol. The van der Waals surface area contributed by atoms with Crippen LogP contribution in [0, 0.1) is 0 Å². The molecule has 0 rings (SSSR count). The third-order valence-electron chi connectivity index (χ3n) is 0.500. The summed E-state index contributed by atoms with van der Waals surface area (Å²) >= 11 is 0. The van der Waals surface area contributed by atoms with Crippen molar-refractivity contribution in [2.75, 3.05) is 25.9 Å². The van der Waals surface area contributed by atoms with E-state index in [-0.39, 0.29) is 0 Å². The van der Waals surface area contributed by atoms with E-state index in [1.54, 1.807) is 7.11 Å². The van der Waals surface area contributed by atoms with Gasteiger partial charge in [-0.3, -0.25) is 0 Å². The van der Waals surface area contributed by atoms with Crippen LogP contribution >= 0.6 is 10.3 Å². The van der Waals surface area contributed by atoms with Crippen LogP contribution in [0.25, 0.3) is 0 Å². The van der Waals surface area contributed by atoms with Gasteiger partial charge in [-0.15, -0.1) is 10.3 Å². The van der Waals surface area contributed by atoms with Crippen molar-refractivity contribution in [3.8, 4) is 0 Å². The second-order valence-electron chi connectivity index (χ2n) is 1.89. The zero-order valence-corrected chi connectivity index (χ0v) is 5.63. The molecule has 0 atom stereocenters. The molecule has 0 amide bonds. The molecule has 0 heterocycles. The van der Waals surface area contributed by atoms with Crippen molar-refractivity contribution >= 4 is 10.3 Å². The monoisotopic (exact) mass is 108 g/mol. The summed E-state index contributed by atoms with van der Waals surface area (Å²) in [6, 6.07) is 0. The van der Waals surface area contributed by atoms with E-state index >= 15 is 0 Å². The summed E-state index contributed by atoms with van der Waals surface area (Å²) < 4.78 is 5.02. The molecule has 0 saturated carbocycles. The van der Waals surface area contributed by atoms with Gasteiger partial charge in [-0.1, -0.05) is 0 Å². The van der Waals surface area contributed by atoms with E-state index in [9.17, 15) is 0 Å². The highest BCUT2D eigenvalue weighted by atomic mass is 32.3. The minimum atomic E-state index is -0.662. The standard InChI is InChI=1S/C4H12OS/c1-5-6(2,3)4/h1-4H3. The van der Waals surface area contributed by atoms with Crippen molar-refractivity contribution in [3.63, 3.8) is 0 Å². The van der Waals surface area contributed by atoms with E-state index in [1.165, 1.54) is 0 Å². The molecule has 0 fully saturated rings. The zero-order chi connectivity index (χ0) is 5.21. The zero-order valence-electron chi connectivity index (χ0n) is 4.82. The summed E-state index contributed by atoms with van der Waals surface area (Å²) in [5.74, 6) is 0. The molecular formula is C4H12OS. The quantitative estimate of drug-likeness (QED) is 0.491. The maximum absolute atomic E-state index is 5.02. The van der Waals surface area contributed by atoms with Crippen LogP contribution in [0.5, 0.6) is 0 Å². The van der Waals surface area contributed by atoms with Crippen LogP contribution in [0.15, 0.2) is 0 Å². The Morgan fingerprint density at radius 3 is 1.33 bits per heavy atom. The number of hydrogen-bond acceptors (Lipinski definition) is 1. The third-order valence-corrected chi connectivity index (χ3v) is 1.50. The fourth-order valence-electron chi connectivity index (χ4n) is 0. The Morgan fingerprint density at radius 2 is 1.33 bits per heavy atom. The Labute approximate surface area is 41.2 Å². The van der Waals surface area contributed by atoms with Gasteiger partial charge in [0.2, 0.25) is 0 Å². The summed E-state index contributed by atoms with van der Waals surface area (Å²) in [4.78, 5) is 0. The average Bonchev–Trinajstić information content (AvgIpc) is 1.35. The van der Waals surface area contributed by atoms with Crippen molar-refractivity contribution in [2.24, 2.45) is 0 Å². The Kier molecular flexibility index (Phi) is 1.94. The van der Waals surface area contributed by atoms with E-state index in [0.717, 1.165) is 0 Å². The van der Waals surface area contributed by atoms with Gasteiger partial charge in [-0.25, -0.2) is 0 Å². The summed E-state index contributed by atoms with van der Waals surface area (Å²) in [5.41, 5.74) is 0. The molecular weight excluding hydrogens is 96.1 g/mol. The van der Waals surface area contributed by atoms with Crippen molar-refractivity contribution in [3.05, 3.63) is 0 Å². The largest absolute Gasteiger partial charge is 0.341 e. The van der Waals surface area contributed by atoms with E-state index in [1.807, 2.05) is 0 Å². The summed E-state index contributed by atoms with van der Waals surface area (Å²) in [6.45, 7) is 0.